The Labute approximate surface area is 590 Å². The Kier molecular flexibility index (Phi) is 53.6. The minimum absolute atomic E-state index is 0. The van der Waals surface area contributed by atoms with E-state index in [9.17, 15) is 14.4 Å². The van der Waals surface area contributed by atoms with E-state index in [0.717, 1.165) is 71.0 Å². The molecule has 15 heteroatoms. The molecule has 4 aromatic heterocycles. The van der Waals surface area contributed by atoms with Crippen LogP contribution < -0.4 is 60.1 Å². The summed E-state index contributed by atoms with van der Waals surface area (Å²) in [5.41, 5.74) is 11.4. The standard InChI is InChI=1S/C32H59N2OS.C26H41N2OS.C17H29N2OS.2BrH.ClH/c1-3-5-7-9-11-13-16-20-24-30-31(25-21-17-14-12-10-8-6-4-2)36-29-34(30)28-32(35)33-26-22-18-15-19-23-27-33;1-3-5-7-9-11-13-18-24-26(19-14-12-10-8-6-4-2)30-22-28(24)21-25(29)23-17-15-16-20-27-23;1-4-8-15-16(9-5-2)21-13-18(15)12-17(20)19-11-7-6-10-14(19)3;;;/h29H,3-28H2,1-2H3;15-17,20,22H,3-14,18-19,21H2,1-2H3;13-14H,4-12H2,1-3H3;3*1H/q3*+1;;;/p-3. The highest BCUT2D eigenvalue weighted by atomic mass is 79.9. The summed E-state index contributed by atoms with van der Waals surface area (Å²) in [6.07, 6.45) is 58.4. The van der Waals surface area contributed by atoms with Crippen molar-refractivity contribution in [3.8, 4) is 0 Å². The topological polar surface area (TPSA) is 82.2 Å². The molecule has 2 aliphatic rings. The summed E-state index contributed by atoms with van der Waals surface area (Å²) in [6.45, 7) is 20.1. The van der Waals surface area contributed by atoms with Gasteiger partial charge in [-0.05, 0) is 103 Å². The third-order valence-electron chi connectivity index (χ3n) is 18.2. The van der Waals surface area contributed by atoms with Crippen molar-refractivity contribution in [1.82, 2.24) is 14.8 Å². The Morgan fingerprint density at radius 3 is 1.23 bits per heavy atom. The van der Waals surface area contributed by atoms with Gasteiger partial charge in [0.25, 0.3) is 11.8 Å². The Bertz CT molecular complexity index is 2370. The normalized spacial score (nSPS) is 14.0. The number of Topliss-reactive ketones (excluding diaryl/α,β-unsaturated/α-hetero) is 1. The van der Waals surface area contributed by atoms with Gasteiger partial charge in [-0.3, -0.25) is 19.4 Å². The van der Waals surface area contributed by atoms with Crippen molar-refractivity contribution in [1.29, 1.82) is 0 Å². The van der Waals surface area contributed by atoms with E-state index in [1.165, 1.54) is 258 Å². The quantitative estimate of drug-likeness (QED) is 0.0251. The number of ketones is 1. The molecule has 0 N–H and O–H groups in total. The van der Waals surface area contributed by atoms with E-state index in [1.54, 1.807) is 11.1 Å². The molecule has 0 aliphatic carbocycles. The summed E-state index contributed by atoms with van der Waals surface area (Å²) in [4.78, 5) is 51.5. The van der Waals surface area contributed by atoms with Crippen LogP contribution in [0.2, 0.25) is 0 Å². The van der Waals surface area contributed by atoms with Gasteiger partial charge in [-0.1, -0.05) is 261 Å². The molecule has 1 unspecified atom stereocenters. The largest absolute Gasteiger partial charge is 1.00 e. The number of rotatable bonds is 43. The van der Waals surface area contributed by atoms with Crippen LogP contribution >= 0.6 is 34.0 Å². The molecule has 2 aliphatic heterocycles. The van der Waals surface area contributed by atoms with Crippen molar-refractivity contribution < 1.29 is 74.5 Å². The first-order valence-corrected chi connectivity index (χ1v) is 39.3. The molecular formula is C75H129Br2ClN6O3S3. The van der Waals surface area contributed by atoms with Crippen LogP contribution in [-0.4, -0.2) is 58.1 Å². The van der Waals surface area contributed by atoms with E-state index in [1.807, 2.05) is 52.2 Å². The number of amides is 2. The first kappa shape index (κ1) is 85.9. The van der Waals surface area contributed by atoms with Crippen LogP contribution in [0, 0.1) is 0 Å². The molecule has 0 spiro atoms. The first-order chi connectivity index (χ1) is 42.7. The highest BCUT2D eigenvalue weighted by Crippen LogP contribution is 2.24. The summed E-state index contributed by atoms with van der Waals surface area (Å²) in [7, 11) is 0. The van der Waals surface area contributed by atoms with Crippen LogP contribution in [0.1, 0.15) is 335 Å². The fourth-order valence-corrected chi connectivity index (χ4v) is 16.1. The molecule has 4 aromatic rings. The Hall–Kier alpha value is -2.10. The van der Waals surface area contributed by atoms with E-state index in [-0.39, 0.29) is 52.2 Å². The monoisotopic (exact) mass is 1450 g/mol. The van der Waals surface area contributed by atoms with E-state index in [4.69, 9.17) is 0 Å². The molecule has 0 radical (unpaired) electrons. The average Bonchev–Trinajstić information content (AvgIpc) is 1.99. The maximum absolute atomic E-state index is 13.2. The lowest BCUT2D eigenvalue weighted by molar-refractivity contribution is -0.688. The summed E-state index contributed by atoms with van der Waals surface area (Å²) in [5, 5.41) is 0. The van der Waals surface area contributed by atoms with Crippen LogP contribution in [0.3, 0.4) is 0 Å². The fourth-order valence-electron chi connectivity index (χ4n) is 12.8. The molecule has 90 heavy (non-hydrogen) atoms. The van der Waals surface area contributed by atoms with Crippen molar-refractivity contribution in [2.24, 2.45) is 0 Å². The van der Waals surface area contributed by atoms with Crippen molar-refractivity contribution in [2.45, 2.75) is 357 Å². The smallest absolute Gasteiger partial charge is 0.288 e. The van der Waals surface area contributed by atoms with Gasteiger partial charge in [-0.2, -0.15) is 13.7 Å². The molecule has 0 saturated carbocycles. The van der Waals surface area contributed by atoms with Crippen molar-refractivity contribution >= 4 is 51.6 Å². The highest BCUT2D eigenvalue weighted by Gasteiger charge is 2.29. The minimum atomic E-state index is 0. The number of unbranched alkanes of at least 4 members (excludes halogenated alkanes) is 24. The number of hydrogen-bond acceptors (Lipinski definition) is 7. The number of carbonyl (C=O) groups is 3. The number of aryl methyl sites for hydroxylation is 3. The zero-order chi connectivity index (χ0) is 62.4. The second kappa shape index (κ2) is 56.1. The molecular weight excluding hydrogens is 1320 g/mol. The summed E-state index contributed by atoms with van der Waals surface area (Å²) >= 11 is 5.58. The molecule has 2 amide bonds. The van der Waals surface area contributed by atoms with Gasteiger partial charge < -0.3 is 56.2 Å². The number of nitrogens with zero attached hydrogens (tertiary/aromatic N) is 6. The third kappa shape index (κ3) is 35.6. The summed E-state index contributed by atoms with van der Waals surface area (Å²) in [6, 6.07) is 5.98. The van der Waals surface area contributed by atoms with Gasteiger partial charge in [0.1, 0.15) is 5.69 Å². The van der Waals surface area contributed by atoms with E-state index >= 15 is 0 Å². The van der Waals surface area contributed by atoms with Crippen molar-refractivity contribution in [3.63, 3.8) is 0 Å². The zero-order valence-electron chi connectivity index (χ0n) is 58.2. The van der Waals surface area contributed by atoms with E-state index in [2.05, 4.69) is 93.5 Å². The van der Waals surface area contributed by atoms with E-state index in [0.29, 0.717) is 43.2 Å². The maximum Gasteiger partial charge on any atom is 0.288 e. The lowest BCUT2D eigenvalue weighted by Crippen LogP contribution is -3.00. The van der Waals surface area contributed by atoms with Crippen molar-refractivity contribution in [2.75, 3.05) is 19.6 Å². The van der Waals surface area contributed by atoms with Gasteiger partial charge in [-0.15, -0.1) is 0 Å². The Morgan fingerprint density at radius 2 is 0.811 bits per heavy atom. The number of pyridine rings is 1. The molecule has 0 aromatic carbocycles. The fraction of sp³-hybridized carbons (Fsp3) is 0.773. The molecule has 6 rings (SSSR count). The van der Waals surface area contributed by atoms with Gasteiger partial charge in [0.15, 0.2) is 17.1 Å². The number of piperidine rings is 1. The average molecular weight is 1450 g/mol. The number of carbonyl (C=O) groups excluding carboxylic acids is 3. The van der Waals surface area contributed by atoms with E-state index < -0.39 is 0 Å². The Morgan fingerprint density at radius 1 is 0.433 bits per heavy atom. The molecule has 2 saturated heterocycles. The SMILES string of the molecule is CCCCCCCCCCc1sc[n+](CC(=O)N2CCCCCCC2)c1CCCCCCCCCC.CCCCCCCCc1sc[n+](CC(=O)c2ccccn2)c1CCCCCCCC.CCCc1sc[n+](CC(=O)N2CCCCC2C)c1CCC.[Br-].[Br-].[Cl-]. The molecule has 516 valence electrons. The van der Waals surface area contributed by atoms with Gasteiger partial charge in [0, 0.05) is 51.1 Å². The van der Waals surface area contributed by atoms with Gasteiger partial charge >= 0.3 is 0 Å². The highest BCUT2D eigenvalue weighted by molar-refractivity contribution is 7.10. The van der Waals surface area contributed by atoms with Gasteiger partial charge in [0.2, 0.25) is 41.9 Å². The first-order valence-electron chi connectivity index (χ1n) is 36.7. The maximum atomic E-state index is 13.2. The molecule has 1 atom stereocenters. The molecule has 6 heterocycles. The number of likely N-dealkylation sites (tertiary alicyclic amines) is 2. The number of hydrogen-bond donors (Lipinski definition) is 0. The molecule has 0 bridgehead atoms. The van der Waals surface area contributed by atoms with Crippen molar-refractivity contribution in [3.05, 3.63) is 78.3 Å². The van der Waals surface area contributed by atoms with Gasteiger partial charge in [-0.25, -0.2) is 0 Å². The minimum Gasteiger partial charge on any atom is -1.00 e. The summed E-state index contributed by atoms with van der Waals surface area (Å²) < 4.78 is 6.76. The number of aromatic nitrogens is 4. The predicted octanol–water partition coefficient (Wildman–Crippen LogP) is 10.7. The van der Waals surface area contributed by atoms with Crippen LogP contribution in [-0.2, 0) is 67.7 Å². The molecule has 9 nitrogen and oxygen atoms in total. The zero-order valence-corrected chi connectivity index (χ0v) is 64.6. The second-order valence-electron chi connectivity index (χ2n) is 25.9. The van der Waals surface area contributed by atoms with Crippen LogP contribution in [0.25, 0.3) is 0 Å². The Balaban J connectivity index is 0.000000684. The lowest BCUT2D eigenvalue weighted by Gasteiger charge is -2.32. The van der Waals surface area contributed by atoms with Crippen LogP contribution in [0.5, 0.6) is 0 Å². The third-order valence-corrected chi connectivity index (χ3v) is 21.4. The van der Waals surface area contributed by atoms with Crippen LogP contribution in [0.4, 0.5) is 0 Å². The lowest BCUT2D eigenvalue weighted by atomic mass is 10.0. The number of thiazole rings is 3. The predicted molar refractivity (Wildman–Crippen MR) is 372 cm³/mol. The second-order valence-corrected chi connectivity index (χ2v) is 28.7. The van der Waals surface area contributed by atoms with Crippen LogP contribution in [0.15, 0.2) is 40.9 Å². The number of halogens is 3. The summed E-state index contributed by atoms with van der Waals surface area (Å²) in [5.74, 6) is 0.745. The molecule has 2 fully saturated rings. The van der Waals surface area contributed by atoms with Gasteiger partial charge in [0.05, 0.1) is 14.6 Å².